The predicted octanol–water partition coefficient (Wildman–Crippen LogP) is -0.0757. The van der Waals surface area contributed by atoms with Crippen molar-refractivity contribution in [2.75, 3.05) is 12.3 Å². The first-order valence-electron chi connectivity index (χ1n) is 5.05. The maximum Gasteiger partial charge on any atom is 0.212 e. The first-order chi connectivity index (χ1) is 7.49. The highest BCUT2D eigenvalue weighted by Gasteiger charge is 2.11. The molecule has 0 unspecified atom stereocenters. The molecule has 6 heteroatoms. The van der Waals surface area contributed by atoms with E-state index < -0.39 is 16.1 Å². The fourth-order valence-electron chi connectivity index (χ4n) is 1.10. The SMILES string of the molecule is C[C@@H](O)CNS(=O)(=O)CCc1ccccn1. The molecular formula is C10H16N2O3S. The zero-order valence-electron chi connectivity index (χ0n) is 9.13. The van der Waals surface area contributed by atoms with Crippen LogP contribution in [0.25, 0.3) is 0 Å². The maximum atomic E-state index is 11.5. The quantitative estimate of drug-likeness (QED) is 0.734. The second-order valence-electron chi connectivity index (χ2n) is 3.59. The number of hydrogen-bond acceptors (Lipinski definition) is 4. The molecule has 5 nitrogen and oxygen atoms in total. The summed E-state index contributed by atoms with van der Waals surface area (Å²) in [6.07, 6.45) is 1.32. The molecular weight excluding hydrogens is 228 g/mol. The lowest BCUT2D eigenvalue weighted by Crippen LogP contribution is -2.33. The lowest BCUT2D eigenvalue weighted by molar-refractivity contribution is 0.198. The molecule has 0 amide bonds. The van der Waals surface area contributed by atoms with Crippen LogP contribution in [0.2, 0.25) is 0 Å². The van der Waals surface area contributed by atoms with Gasteiger partial charge in [0.1, 0.15) is 0 Å². The Labute approximate surface area is 95.6 Å². The third-order valence-corrected chi connectivity index (χ3v) is 3.30. The number of rotatable bonds is 6. The predicted molar refractivity (Wildman–Crippen MR) is 61.4 cm³/mol. The first-order valence-corrected chi connectivity index (χ1v) is 6.70. The topological polar surface area (TPSA) is 79.3 Å². The van der Waals surface area contributed by atoms with E-state index in [-0.39, 0.29) is 12.3 Å². The molecule has 16 heavy (non-hydrogen) atoms. The highest BCUT2D eigenvalue weighted by atomic mass is 32.2. The largest absolute Gasteiger partial charge is 0.392 e. The van der Waals surface area contributed by atoms with Crippen molar-refractivity contribution >= 4 is 10.0 Å². The minimum absolute atomic E-state index is 0.0171. The molecule has 90 valence electrons. The van der Waals surface area contributed by atoms with Gasteiger partial charge in [-0.2, -0.15) is 0 Å². The second-order valence-corrected chi connectivity index (χ2v) is 5.51. The standard InChI is InChI=1S/C10H16N2O3S/c1-9(13)8-12-16(14,15)7-5-10-4-2-3-6-11-10/h2-4,6,9,12-13H,5,7-8H2,1H3/t9-/m1/s1. The van der Waals surface area contributed by atoms with E-state index in [1.807, 2.05) is 6.07 Å². The summed E-state index contributed by atoms with van der Waals surface area (Å²) in [6, 6.07) is 5.38. The van der Waals surface area contributed by atoms with E-state index in [0.717, 1.165) is 5.69 Å². The monoisotopic (exact) mass is 244 g/mol. The number of aryl methyl sites for hydroxylation is 1. The number of aliphatic hydroxyl groups excluding tert-OH is 1. The van der Waals surface area contributed by atoms with Crippen LogP contribution in [0.4, 0.5) is 0 Å². The van der Waals surface area contributed by atoms with Crippen molar-refractivity contribution in [3.8, 4) is 0 Å². The van der Waals surface area contributed by atoms with Gasteiger partial charge in [-0.1, -0.05) is 6.07 Å². The second kappa shape index (κ2) is 5.93. The van der Waals surface area contributed by atoms with Crippen LogP contribution < -0.4 is 4.72 Å². The number of nitrogens with one attached hydrogen (secondary N) is 1. The van der Waals surface area contributed by atoms with E-state index in [4.69, 9.17) is 5.11 Å². The smallest absolute Gasteiger partial charge is 0.212 e. The van der Waals surface area contributed by atoms with Crippen molar-refractivity contribution in [3.63, 3.8) is 0 Å². The Bertz CT molecular complexity index is 403. The zero-order chi connectivity index (χ0) is 12.0. The Morgan fingerprint density at radius 2 is 2.25 bits per heavy atom. The van der Waals surface area contributed by atoms with Gasteiger partial charge in [0.25, 0.3) is 0 Å². The number of hydrogen-bond donors (Lipinski definition) is 2. The minimum Gasteiger partial charge on any atom is -0.392 e. The molecule has 1 aromatic rings. The molecule has 0 spiro atoms. The summed E-state index contributed by atoms with van der Waals surface area (Å²) in [4.78, 5) is 4.04. The Morgan fingerprint density at radius 1 is 1.50 bits per heavy atom. The molecule has 0 aliphatic rings. The molecule has 0 saturated carbocycles. The molecule has 1 heterocycles. The van der Waals surface area contributed by atoms with Crippen molar-refractivity contribution in [2.24, 2.45) is 0 Å². The van der Waals surface area contributed by atoms with Crippen molar-refractivity contribution in [1.82, 2.24) is 9.71 Å². The average Bonchev–Trinajstić information content (AvgIpc) is 2.26. The van der Waals surface area contributed by atoms with E-state index in [2.05, 4.69) is 9.71 Å². The number of aromatic nitrogens is 1. The summed E-state index contributed by atoms with van der Waals surface area (Å²) >= 11 is 0. The van der Waals surface area contributed by atoms with Gasteiger partial charge in [-0.15, -0.1) is 0 Å². The Morgan fingerprint density at radius 3 is 2.81 bits per heavy atom. The lowest BCUT2D eigenvalue weighted by Gasteiger charge is -2.07. The molecule has 0 fully saturated rings. The van der Waals surface area contributed by atoms with Crippen molar-refractivity contribution < 1.29 is 13.5 Å². The summed E-state index contributed by atoms with van der Waals surface area (Å²) in [5, 5.41) is 8.96. The fourth-order valence-corrected chi connectivity index (χ4v) is 2.22. The van der Waals surface area contributed by atoms with Crippen LogP contribution >= 0.6 is 0 Å². The Kier molecular flexibility index (Phi) is 4.85. The first kappa shape index (κ1) is 13.1. The average molecular weight is 244 g/mol. The van der Waals surface area contributed by atoms with E-state index in [9.17, 15) is 8.42 Å². The molecule has 0 aliphatic heterocycles. The van der Waals surface area contributed by atoms with Gasteiger partial charge in [0, 0.05) is 24.9 Å². The molecule has 1 rings (SSSR count). The van der Waals surface area contributed by atoms with E-state index in [1.165, 1.54) is 6.92 Å². The van der Waals surface area contributed by atoms with Gasteiger partial charge >= 0.3 is 0 Å². The molecule has 0 aliphatic carbocycles. The number of sulfonamides is 1. The van der Waals surface area contributed by atoms with Gasteiger partial charge in [-0.25, -0.2) is 13.1 Å². The molecule has 0 bridgehead atoms. The van der Waals surface area contributed by atoms with Gasteiger partial charge in [0.2, 0.25) is 10.0 Å². The van der Waals surface area contributed by atoms with Crippen LogP contribution in [-0.2, 0) is 16.4 Å². The van der Waals surface area contributed by atoms with Gasteiger partial charge in [0.15, 0.2) is 0 Å². The van der Waals surface area contributed by atoms with Crippen LogP contribution in [0.1, 0.15) is 12.6 Å². The Balaban J connectivity index is 2.42. The summed E-state index contributed by atoms with van der Waals surface area (Å²) in [5.41, 5.74) is 0.741. The zero-order valence-corrected chi connectivity index (χ0v) is 9.94. The third kappa shape index (κ3) is 5.20. The van der Waals surface area contributed by atoms with E-state index in [1.54, 1.807) is 18.3 Å². The summed E-state index contributed by atoms with van der Waals surface area (Å²) < 4.78 is 25.2. The maximum absolute atomic E-state index is 11.5. The fraction of sp³-hybridized carbons (Fsp3) is 0.500. The van der Waals surface area contributed by atoms with Crippen molar-refractivity contribution in [1.29, 1.82) is 0 Å². The van der Waals surface area contributed by atoms with Gasteiger partial charge in [-0.3, -0.25) is 4.98 Å². The molecule has 0 radical (unpaired) electrons. The van der Waals surface area contributed by atoms with Crippen molar-refractivity contribution in [2.45, 2.75) is 19.4 Å². The normalized spacial score (nSPS) is 13.6. The van der Waals surface area contributed by atoms with Gasteiger partial charge in [0.05, 0.1) is 11.9 Å². The molecule has 0 saturated heterocycles. The molecule has 0 aromatic carbocycles. The van der Waals surface area contributed by atoms with Gasteiger partial charge in [-0.05, 0) is 19.1 Å². The summed E-state index contributed by atoms with van der Waals surface area (Å²) in [7, 11) is -3.32. The highest BCUT2D eigenvalue weighted by molar-refractivity contribution is 7.89. The number of nitrogens with zero attached hydrogens (tertiary/aromatic N) is 1. The number of aliphatic hydroxyl groups is 1. The van der Waals surface area contributed by atoms with Crippen LogP contribution in [-0.4, -0.2) is 36.9 Å². The summed E-state index contributed by atoms with van der Waals surface area (Å²) in [5.74, 6) is -0.0171. The highest BCUT2D eigenvalue weighted by Crippen LogP contribution is 1.97. The van der Waals surface area contributed by atoms with Crippen LogP contribution in [0.5, 0.6) is 0 Å². The lowest BCUT2D eigenvalue weighted by atomic mass is 10.3. The molecule has 1 aromatic heterocycles. The van der Waals surface area contributed by atoms with Gasteiger partial charge < -0.3 is 5.11 Å². The van der Waals surface area contributed by atoms with Crippen LogP contribution in [0.15, 0.2) is 24.4 Å². The summed E-state index contributed by atoms with van der Waals surface area (Å²) in [6.45, 7) is 1.58. The van der Waals surface area contributed by atoms with Crippen LogP contribution in [0, 0.1) is 0 Å². The van der Waals surface area contributed by atoms with Crippen molar-refractivity contribution in [3.05, 3.63) is 30.1 Å². The Hall–Kier alpha value is -0.980. The number of pyridine rings is 1. The van der Waals surface area contributed by atoms with Crippen LogP contribution in [0.3, 0.4) is 0 Å². The minimum atomic E-state index is -3.32. The van der Waals surface area contributed by atoms with E-state index >= 15 is 0 Å². The van der Waals surface area contributed by atoms with E-state index in [0.29, 0.717) is 6.42 Å². The molecule has 1 atom stereocenters. The molecule has 2 N–H and O–H groups in total. The third-order valence-electron chi connectivity index (χ3n) is 1.95.